The molecule has 1 N–H and O–H groups in total. The molecule has 6 nitrogen and oxygen atoms in total. The summed E-state index contributed by atoms with van der Waals surface area (Å²) in [5, 5.41) is 5.53. The Kier molecular flexibility index (Phi) is 5.43. The third-order valence-corrected chi connectivity index (χ3v) is 5.48. The molecule has 7 heteroatoms. The zero-order valence-electron chi connectivity index (χ0n) is 15.3. The van der Waals surface area contributed by atoms with Crippen molar-refractivity contribution in [2.24, 2.45) is 0 Å². The van der Waals surface area contributed by atoms with Gasteiger partial charge in [-0.1, -0.05) is 12.1 Å². The third-order valence-electron chi connectivity index (χ3n) is 4.56. The standard InChI is InChI=1S/C21H20N4O2S/c26-19(13-17-14-28-20(24-17)18-8-1-2-9-22-18)23-16-7-5-6-15(12-16)21(27)25-10-3-4-11-25/h1-2,5-9,12,14H,3-4,10-11,13H2,(H,23,26). The smallest absolute Gasteiger partial charge is 0.253 e. The van der Waals surface area contributed by atoms with Crippen molar-refractivity contribution in [3.05, 3.63) is 65.3 Å². The van der Waals surface area contributed by atoms with Crippen molar-refractivity contribution < 1.29 is 9.59 Å². The Bertz CT molecular complexity index is 981. The highest BCUT2D eigenvalue weighted by Gasteiger charge is 2.19. The fourth-order valence-electron chi connectivity index (χ4n) is 3.20. The minimum absolute atomic E-state index is 0.0214. The molecule has 142 valence electrons. The van der Waals surface area contributed by atoms with Crippen LogP contribution in [0.3, 0.4) is 0 Å². The highest BCUT2D eigenvalue weighted by Crippen LogP contribution is 2.22. The number of hydrogen-bond acceptors (Lipinski definition) is 5. The second kappa shape index (κ2) is 8.31. The van der Waals surface area contributed by atoms with Gasteiger partial charge in [0.25, 0.3) is 5.91 Å². The molecule has 0 bridgehead atoms. The lowest BCUT2D eigenvalue weighted by molar-refractivity contribution is -0.115. The molecule has 0 saturated carbocycles. The molecule has 2 aromatic heterocycles. The largest absolute Gasteiger partial charge is 0.339 e. The fraction of sp³-hybridized carbons (Fsp3) is 0.238. The van der Waals surface area contributed by atoms with Crippen LogP contribution in [0, 0.1) is 0 Å². The van der Waals surface area contributed by atoms with Gasteiger partial charge in [-0.15, -0.1) is 11.3 Å². The molecule has 28 heavy (non-hydrogen) atoms. The van der Waals surface area contributed by atoms with Crippen LogP contribution >= 0.6 is 11.3 Å². The molecule has 0 aliphatic carbocycles. The van der Waals surface area contributed by atoms with Crippen LogP contribution in [-0.4, -0.2) is 39.8 Å². The summed E-state index contributed by atoms with van der Waals surface area (Å²) in [4.78, 5) is 35.6. The van der Waals surface area contributed by atoms with Crippen molar-refractivity contribution in [3.63, 3.8) is 0 Å². The molecular weight excluding hydrogens is 372 g/mol. The average molecular weight is 392 g/mol. The van der Waals surface area contributed by atoms with Crippen LogP contribution in [0.15, 0.2) is 54.0 Å². The van der Waals surface area contributed by atoms with Crippen LogP contribution in [0.2, 0.25) is 0 Å². The Labute approximate surface area is 167 Å². The maximum atomic E-state index is 12.5. The number of likely N-dealkylation sites (tertiary alicyclic amines) is 1. The number of carbonyl (C=O) groups is 2. The van der Waals surface area contributed by atoms with E-state index < -0.39 is 0 Å². The van der Waals surface area contributed by atoms with Gasteiger partial charge in [0.1, 0.15) is 5.01 Å². The van der Waals surface area contributed by atoms with Gasteiger partial charge in [0.2, 0.25) is 5.91 Å². The number of amides is 2. The molecule has 0 spiro atoms. The summed E-state index contributed by atoms with van der Waals surface area (Å²) in [6, 6.07) is 12.8. The summed E-state index contributed by atoms with van der Waals surface area (Å²) in [5.41, 5.74) is 2.72. The molecule has 1 aliphatic heterocycles. The molecule has 3 aromatic rings. The quantitative estimate of drug-likeness (QED) is 0.720. The molecule has 3 heterocycles. The zero-order chi connectivity index (χ0) is 19.3. The summed E-state index contributed by atoms with van der Waals surface area (Å²) in [5.74, 6) is -0.142. The number of nitrogens with zero attached hydrogens (tertiary/aromatic N) is 3. The molecule has 1 fully saturated rings. The molecule has 0 radical (unpaired) electrons. The SMILES string of the molecule is O=C(Cc1csc(-c2ccccn2)n1)Nc1cccc(C(=O)N2CCCC2)c1. The lowest BCUT2D eigenvalue weighted by Crippen LogP contribution is -2.27. The number of nitrogens with one attached hydrogen (secondary N) is 1. The van der Waals surface area contributed by atoms with E-state index in [-0.39, 0.29) is 18.2 Å². The third kappa shape index (κ3) is 4.26. The van der Waals surface area contributed by atoms with Crippen LogP contribution in [0.4, 0.5) is 5.69 Å². The van der Waals surface area contributed by atoms with Gasteiger partial charge in [0.15, 0.2) is 0 Å². The van der Waals surface area contributed by atoms with E-state index >= 15 is 0 Å². The molecule has 2 amide bonds. The van der Waals surface area contributed by atoms with Gasteiger partial charge in [-0.05, 0) is 43.2 Å². The van der Waals surface area contributed by atoms with Crippen LogP contribution in [0.5, 0.6) is 0 Å². The minimum Gasteiger partial charge on any atom is -0.339 e. The number of hydrogen-bond donors (Lipinski definition) is 1. The molecular formula is C21H20N4O2S. The van der Waals surface area contributed by atoms with Crippen molar-refractivity contribution in [1.82, 2.24) is 14.9 Å². The van der Waals surface area contributed by atoms with E-state index in [4.69, 9.17) is 0 Å². The van der Waals surface area contributed by atoms with E-state index in [1.54, 1.807) is 30.5 Å². The fourth-order valence-corrected chi connectivity index (χ4v) is 3.99. The summed E-state index contributed by atoms with van der Waals surface area (Å²) in [7, 11) is 0. The first-order valence-corrected chi connectivity index (χ1v) is 10.1. The van der Waals surface area contributed by atoms with Crippen LogP contribution in [-0.2, 0) is 11.2 Å². The van der Waals surface area contributed by atoms with Crippen molar-refractivity contribution in [1.29, 1.82) is 0 Å². The lowest BCUT2D eigenvalue weighted by Gasteiger charge is -2.15. The molecule has 1 aliphatic rings. The van der Waals surface area contributed by atoms with E-state index in [2.05, 4.69) is 15.3 Å². The summed E-state index contributed by atoms with van der Waals surface area (Å²) in [6.45, 7) is 1.61. The maximum Gasteiger partial charge on any atom is 0.253 e. The number of thiazole rings is 1. The van der Waals surface area contributed by atoms with Gasteiger partial charge in [-0.25, -0.2) is 4.98 Å². The normalized spacial score (nSPS) is 13.5. The first-order chi connectivity index (χ1) is 13.7. The first-order valence-electron chi connectivity index (χ1n) is 9.24. The first kappa shape index (κ1) is 18.3. The molecule has 1 saturated heterocycles. The number of aromatic nitrogens is 2. The second-order valence-corrected chi connectivity index (χ2v) is 7.52. The van der Waals surface area contributed by atoms with Gasteiger partial charge >= 0.3 is 0 Å². The van der Waals surface area contributed by atoms with Crippen LogP contribution in [0.25, 0.3) is 10.7 Å². The Morgan fingerprint density at radius 1 is 1.11 bits per heavy atom. The second-order valence-electron chi connectivity index (χ2n) is 6.66. The van der Waals surface area contributed by atoms with Gasteiger partial charge in [0.05, 0.1) is 17.8 Å². The van der Waals surface area contributed by atoms with Crippen molar-refractivity contribution in [3.8, 4) is 10.7 Å². The van der Waals surface area contributed by atoms with E-state index in [0.717, 1.165) is 36.6 Å². The monoisotopic (exact) mass is 392 g/mol. The summed E-state index contributed by atoms with van der Waals surface area (Å²) in [6.07, 6.45) is 4.00. The van der Waals surface area contributed by atoms with E-state index in [0.29, 0.717) is 16.9 Å². The Balaban J connectivity index is 1.39. The molecule has 0 unspecified atom stereocenters. The number of pyridine rings is 1. The van der Waals surface area contributed by atoms with Crippen LogP contribution in [0.1, 0.15) is 28.9 Å². The molecule has 0 atom stereocenters. The van der Waals surface area contributed by atoms with Crippen molar-refractivity contribution in [2.45, 2.75) is 19.3 Å². The topological polar surface area (TPSA) is 75.2 Å². The predicted molar refractivity (Wildman–Crippen MR) is 109 cm³/mol. The minimum atomic E-state index is -0.163. The Hall–Kier alpha value is -3.06. The highest BCUT2D eigenvalue weighted by molar-refractivity contribution is 7.13. The number of rotatable bonds is 5. The lowest BCUT2D eigenvalue weighted by atomic mass is 10.1. The predicted octanol–water partition coefficient (Wildman–Crippen LogP) is 3.62. The number of anilines is 1. The average Bonchev–Trinajstić information content (AvgIpc) is 3.40. The molecule has 4 rings (SSSR count). The number of carbonyl (C=O) groups excluding carboxylic acids is 2. The van der Waals surface area contributed by atoms with Gasteiger partial charge in [0, 0.05) is 35.9 Å². The molecule has 1 aromatic carbocycles. The summed E-state index contributed by atoms with van der Waals surface area (Å²) < 4.78 is 0. The van der Waals surface area contributed by atoms with Gasteiger partial charge in [-0.2, -0.15) is 0 Å². The van der Waals surface area contributed by atoms with Crippen molar-refractivity contribution >= 4 is 28.8 Å². The Morgan fingerprint density at radius 2 is 1.96 bits per heavy atom. The van der Waals surface area contributed by atoms with Crippen LogP contribution < -0.4 is 5.32 Å². The highest BCUT2D eigenvalue weighted by atomic mass is 32.1. The zero-order valence-corrected chi connectivity index (χ0v) is 16.1. The number of benzene rings is 1. The maximum absolute atomic E-state index is 12.5. The summed E-state index contributed by atoms with van der Waals surface area (Å²) >= 11 is 1.47. The van der Waals surface area contributed by atoms with E-state index in [9.17, 15) is 9.59 Å². The van der Waals surface area contributed by atoms with Gasteiger partial charge in [-0.3, -0.25) is 14.6 Å². The Morgan fingerprint density at radius 3 is 2.75 bits per heavy atom. The van der Waals surface area contributed by atoms with Gasteiger partial charge < -0.3 is 10.2 Å². The van der Waals surface area contributed by atoms with E-state index in [1.807, 2.05) is 28.5 Å². The van der Waals surface area contributed by atoms with Crippen molar-refractivity contribution in [2.75, 3.05) is 18.4 Å². The van der Waals surface area contributed by atoms with E-state index in [1.165, 1.54) is 11.3 Å².